The van der Waals surface area contributed by atoms with Crippen molar-refractivity contribution in [3.63, 3.8) is 0 Å². The lowest BCUT2D eigenvalue weighted by atomic mass is 9.97. The fourth-order valence-corrected chi connectivity index (χ4v) is 5.39. The highest BCUT2D eigenvalue weighted by Crippen LogP contribution is 2.29. The standard InChI is InChI=1S/C24H31N3O4S/c1-30-21-11-5-2-7-17(21)12-13-25-22(28)16-32-23-19-9-3-4-10-20(19)27(24(29)26-23)15-18-8-6-14-31-18/h2,5,7,11,18H,3-4,6,8-10,12-16H2,1H3,(H,25,28). The molecule has 0 spiro atoms. The first kappa shape index (κ1) is 22.9. The number of nitrogens with one attached hydrogen (secondary N) is 1. The summed E-state index contributed by atoms with van der Waals surface area (Å²) in [7, 11) is 1.65. The van der Waals surface area contributed by atoms with Gasteiger partial charge in [0.05, 0.1) is 25.5 Å². The van der Waals surface area contributed by atoms with Crippen molar-refractivity contribution in [3.05, 3.63) is 51.6 Å². The van der Waals surface area contributed by atoms with Crippen molar-refractivity contribution < 1.29 is 14.3 Å². The maximum absolute atomic E-state index is 12.8. The van der Waals surface area contributed by atoms with E-state index in [2.05, 4.69) is 10.3 Å². The number of carbonyl (C=O) groups excluding carboxylic acids is 1. The van der Waals surface area contributed by atoms with Gasteiger partial charge < -0.3 is 14.8 Å². The number of ether oxygens (including phenoxy) is 2. The van der Waals surface area contributed by atoms with E-state index in [0.29, 0.717) is 24.5 Å². The lowest BCUT2D eigenvalue weighted by Crippen LogP contribution is -2.34. The third kappa shape index (κ3) is 5.53. The molecule has 1 N–H and O–H groups in total. The Morgan fingerprint density at radius 3 is 2.94 bits per heavy atom. The van der Waals surface area contributed by atoms with Crippen LogP contribution in [0.1, 0.15) is 42.5 Å². The second-order valence-electron chi connectivity index (χ2n) is 8.28. The summed E-state index contributed by atoms with van der Waals surface area (Å²) in [4.78, 5) is 29.6. The minimum absolute atomic E-state index is 0.0557. The van der Waals surface area contributed by atoms with E-state index in [1.807, 2.05) is 28.8 Å². The number of hydrogen-bond donors (Lipinski definition) is 1. The number of rotatable bonds is 9. The van der Waals surface area contributed by atoms with Crippen LogP contribution in [0, 0.1) is 0 Å². The highest BCUT2D eigenvalue weighted by atomic mass is 32.2. The highest BCUT2D eigenvalue weighted by molar-refractivity contribution is 7.99. The molecule has 0 saturated carbocycles. The second kappa shape index (κ2) is 11.0. The molecular formula is C24H31N3O4S. The Morgan fingerprint density at radius 1 is 1.28 bits per heavy atom. The van der Waals surface area contributed by atoms with Crippen molar-refractivity contribution >= 4 is 17.7 Å². The Labute approximate surface area is 192 Å². The molecule has 0 radical (unpaired) electrons. The van der Waals surface area contributed by atoms with Gasteiger partial charge >= 0.3 is 5.69 Å². The molecule has 2 heterocycles. The minimum atomic E-state index is -0.222. The predicted octanol–water partition coefficient (Wildman–Crippen LogP) is 2.76. The fourth-order valence-electron chi connectivity index (χ4n) is 4.48. The Balaban J connectivity index is 1.37. The lowest BCUT2D eigenvalue weighted by molar-refractivity contribution is -0.118. The summed E-state index contributed by atoms with van der Waals surface area (Å²) in [6.07, 6.45) is 6.81. The third-order valence-corrected chi connectivity index (χ3v) is 7.13. The maximum atomic E-state index is 12.8. The molecule has 1 aromatic carbocycles. The molecule has 7 nitrogen and oxygen atoms in total. The van der Waals surface area contributed by atoms with Gasteiger partial charge in [0.15, 0.2) is 0 Å². The van der Waals surface area contributed by atoms with Crippen molar-refractivity contribution in [1.29, 1.82) is 0 Å². The number of amides is 1. The fraction of sp³-hybridized carbons (Fsp3) is 0.542. The van der Waals surface area contributed by atoms with Gasteiger partial charge in [-0.15, -0.1) is 0 Å². The molecule has 0 bridgehead atoms. The van der Waals surface area contributed by atoms with Crippen LogP contribution in [0.25, 0.3) is 0 Å². The smallest absolute Gasteiger partial charge is 0.348 e. The summed E-state index contributed by atoms with van der Waals surface area (Å²) in [5.41, 5.74) is 3.07. The van der Waals surface area contributed by atoms with E-state index in [1.165, 1.54) is 11.8 Å². The number of benzene rings is 1. The number of fused-ring (bicyclic) bond motifs is 1. The first-order valence-electron chi connectivity index (χ1n) is 11.4. The summed E-state index contributed by atoms with van der Waals surface area (Å²) in [6.45, 7) is 1.89. The van der Waals surface area contributed by atoms with E-state index >= 15 is 0 Å². The van der Waals surface area contributed by atoms with Gasteiger partial charge in [-0.25, -0.2) is 4.79 Å². The van der Waals surface area contributed by atoms with Gasteiger partial charge in [-0.2, -0.15) is 4.98 Å². The molecule has 1 fully saturated rings. The summed E-state index contributed by atoms with van der Waals surface area (Å²) in [6, 6.07) is 7.82. The zero-order valence-corrected chi connectivity index (χ0v) is 19.4. The summed E-state index contributed by atoms with van der Waals surface area (Å²) in [5, 5.41) is 3.68. The van der Waals surface area contributed by atoms with E-state index < -0.39 is 0 Å². The van der Waals surface area contributed by atoms with Crippen molar-refractivity contribution in [2.45, 2.75) is 62.6 Å². The van der Waals surface area contributed by atoms with Gasteiger partial charge in [0.25, 0.3) is 0 Å². The van der Waals surface area contributed by atoms with Crippen LogP contribution in [0.2, 0.25) is 0 Å². The van der Waals surface area contributed by atoms with Crippen molar-refractivity contribution in [1.82, 2.24) is 14.9 Å². The average molecular weight is 458 g/mol. The van der Waals surface area contributed by atoms with Crippen molar-refractivity contribution in [2.75, 3.05) is 26.0 Å². The number of para-hydroxylation sites is 1. The molecule has 172 valence electrons. The Morgan fingerprint density at radius 2 is 2.12 bits per heavy atom. The van der Waals surface area contributed by atoms with E-state index in [0.717, 1.165) is 67.7 Å². The number of hydrogen-bond acceptors (Lipinski definition) is 6. The molecule has 1 unspecified atom stereocenters. The normalized spacial score (nSPS) is 17.7. The first-order valence-corrected chi connectivity index (χ1v) is 12.4. The zero-order valence-electron chi connectivity index (χ0n) is 18.6. The zero-order chi connectivity index (χ0) is 22.3. The Hall–Kier alpha value is -2.32. The molecule has 1 amide bonds. The van der Waals surface area contributed by atoms with Crippen LogP contribution in [0.15, 0.2) is 34.1 Å². The number of aromatic nitrogens is 2. The van der Waals surface area contributed by atoms with Gasteiger partial charge in [0.1, 0.15) is 10.8 Å². The van der Waals surface area contributed by atoms with Crippen LogP contribution in [0.4, 0.5) is 0 Å². The van der Waals surface area contributed by atoms with Crippen LogP contribution in [0.5, 0.6) is 5.75 Å². The summed E-state index contributed by atoms with van der Waals surface area (Å²) in [5.74, 6) is 1.02. The molecule has 2 aliphatic rings. The topological polar surface area (TPSA) is 82.5 Å². The molecule has 8 heteroatoms. The summed E-state index contributed by atoms with van der Waals surface area (Å²) < 4.78 is 12.9. The van der Waals surface area contributed by atoms with Gasteiger partial charge in [-0.3, -0.25) is 9.36 Å². The predicted molar refractivity (Wildman–Crippen MR) is 125 cm³/mol. The minimum Gasteiger partial charge on any atom is -0.496 e. The average Bonchev–Trinajstić information content (AvgIpc) is 3.33. The first-order chi connectivity index (χ1) is 15.7. The molecular weight excluding hydrogens is 426 g/mol. The maximum Gasteiger partial charge on any atom is 0.348 e. The molecule has 1 atom stereocenters. The van der Waals surface area contributed by atoms with Gasteiger partial charge in [0, 0.05) is 24.4 Å². The van der Waals surface area contributed by atoms with E-state index in [-0.39, 0.29) is 23.5 Å². The van der Waals surface area contributed by atoms with E-state index in [4.69, 9.17) is 9.47 Å². The summed E-state index contributed by atoms with van der Waals surface area (Å²) >= 11 is 1.37. The van der Waals surface area contributed by atoms with Crippen molar-refractivity contribution in [2.24, 2.45) is 0 Å². The van der Waals surface area contributed by atoms with Crippen LogP contribution >= 0.6 is 11.8 Å². The lowest BCUT2D eigenvalue weighted by Gasteiger charge is -2.24. The Kier molecular flexibility index (Phi) is 7.86. The second-order valence-corrected chi connectivity index (χ2v) is 9.24. The van der Waals surface area contributed by atoms with Gasteiger partial charge in [0.2, 0.25) is 5.91 Å². The number of methoxy groups -OCH3 is 1. The molecule has 1 saturated heterocycles. The number of carbonyl (C=O) groups is 1. The largest absolute Gasteiger partial charge is 0.496 e. The highest BCUT2D eigenvalue weighted by Gasteiger charge is 2.24. The van der Waals surface area contributed by atoms with E-state index in [1.54, 1.807) is 7.11 Å². The van der Waals surface area contributed by atoms with Crippen LogP contribution in [0.3, 0.4) is 0 Å². The Bertz CT molecular complexity index is 1000. The quantitative estimate of drug-likeness (QED) is 0.461. The van der Waals surface area contributed by atoms with Crippen molar-refractivity contribution in [3.8, 4) is 5.75 Å². The van der Waals surface area contributed by atoms with Crippen LogP contribution < -0.4 is 15.7 Å². The molecule has 1 aliphatic carbocycles. The van der Waals surface area contributed by atoms with Gasteiger partial charge in [-0.1, -0.05) is 30.0 Å². The monoisotopic (exact) mass is 457 g/mol. The number of nitrogens with zero attached hydrogens (tertiary/aromatic N) is 2. The molecule has 4 rings (SSSR count). The molecule has 1 aliphatic heterocycles. The van der Waals surface area contributed by atoms with Crippen LogP contribution in [-0.2, 0) is 35.3 Å². The third-order valence-electron chi connectivity index (χ3n) is 6.11. The van der Waals surface area contributed by atoms with Gasteiger partial charge in [-0.05, 0) is 56.6 Å². The SMILES string of the molecule is COc1ccccc1CCNC(=O)CSc1nc(=O)n(CC2CCCO2)c2c1CCCC2. The molecule has 1 aromatic heterocycles. The van der Waals surface area contributed by atoms with Crippen LogP contribution in [-0.4, -0.2) is 47.6 Å². The molecule has 2 aromatic rings. The van der Waals surface area contributed by atoms with E-state index in [9.17, 15) is 9.59 Å². The number of thioether (sulfide) groups is 1. The molecule has 32 heavy (non-hydrogen) atoms.